The van der Waals surface area contributed by atoms with E-state index in [1.54, 1.807) is 35.2 Å². The van der Waals surface area contributed by atoms with E-state index in [9.17, 15) is 4.79 Å². The lowest BCUT2D eigenvalue weighted by molar-refractivity contribution is -0.128. The summed E-state index contributed by atoms with van der Waals surface area (Å²) in [7, 11) is 1.79. The summed E-state index contributed by atoms with van der Waals surface area (Å²) in [6.45, 7) is 3.87. The Hall–Kier alpha value is -1.63. The molecular weight excluding hydrogens is 358 g/mol. The molecule has 0 spiro atoms. The zero-order chi connectivity index (χ0) is 17.8. The number of hydrogen-bond acceptors (Lipinski definition) is 4. The Morgan fingerprint density at radius 2 is 2.44 bits per heavy atom. The molecule has 5 nitrogen and oxygen atoms in total. The van der Waals surface area contributed by atoms with Crippen LogP contribution >= 0.6 is 22.9 Å². The van der Waals surface area contributed by atoms with E-state index in [4.69, 9.17) is 16.3 Å². The van der Waals surface area contributed by atoms with Crippen LogP contribution in [0, 0.1) is 6.92 Å². The fourth-order valence-corrected chi connectivity index (χ4v) is 3.91. The van der Waals surface area contributed by atoms with E-state index < -0.39 is 0 Å². The van der Waals surface area contributed by atoms with E-state index in [2.05, 4.69) is 5.10 Å². The molecule has 1 aliphatic rings. The third-order valence-corrected chi connectivity index (χ3v) is 5.58. The first-order chi connectivity index (χ1) is 12.0. The first kappa shape index (κ1) is 18.2. The third-order valence-electron chi connectivity index (χ3n) is 4.28. The van der Waals surface area contributed by atoms with Crippen LogP contribution in [0.5, 0.6) is 0 Å². The summed E-state index contributed by atoms with van der Waals surface area (Å²) in [5.41, 5.74) is 1.59. The Morgan fingerprint density at radius 1 is 1.60 bits per heavy atom. The average molecular weight is 380 g/mol. The van der Waals surface area contributed by atoms with Gasteiger partial charge in [-0.1, -0.05) is 17.7 Å². The Morgan fingerprint density at radius 3 is 3.04 bits per heavy atom. The zero-order valence-electron chi connectivity index (χ0n) is 14.4. The molecule has 134 valence electrons. The molecule has 3 heterocycles. The number of amides is 1. The number of halogens is 1. The fourth-order valence-electron chi connectivity index (χ4n) is 2.95. The maximum Gasteiger partial charge on any atom is 0.246 e. The highest BCUT2D eigenvalue weighted by molar-refractivity contribution is 7.09. The number of thiophene rings is 1. The number of carbonyl (C=O) groups excluding carboxylic acids is 1. The minimum atomic E-state index is -0.0387. The van der Waals surface area contributed by atoms with Gasteiger partial charge in [-0.25, -0.2) is 0 Å². The van der Waals surface area contributed by atoms with Gasteiger partial charge in [0.2, 0.25) is 5.91 Å². The molecule has 2 aromatic heterocycles. The lowest BCUT2D eigenvalue weighted by Gasteiger charge is -2.23. The summed E-state index contributed by atoms with van der Waals surface area (Å²) >= 11 is 7.89. The number of aromatic nitrogens is 2. The Labute approximate surface area is 156 Å². The first-order valence-corrected chi connectivity index (χ1v) is 9.60. The van der Waals surface area contributed by atoms with Gasteiger partial charge < -0.3 is 9.64 Å². The molecule has 1 aliphatic heterocycles. The number of nitrogens with zero attached hydrogens (tertiary/aromatic N) is 3. The summed E-state index contributed by atoms with van der Waals surface area (Å²) in [6, 6.07) is 4.05. The second-order valence-corrected chi connectivity index (χ2v) is 7.57. The molecule has 25 heavy (non-hydrogen) atoms. The van der Waals surface area contributed by atoms with Crippen molar-refractivity contribution in [2.45, 2.75) is 32.4 Å². The molecule has 1 fully saturated rings. The SMILES string of the molecule is Cc1nn(C)c(Cl)c1/C=C/C(=O)N(Cc1cccs1)CC1CCCO1. The molecule has 0 aromatic carbocycles. The molecule has 1 amide bonds. The number of aryl methyl sites for hydroxylation is 2. The topological polar surface area (TPSA) is 47.4 Å². The Kier molecular flexibility index (Phi) is 5.93. The fraction of sp³-hybridized carbons (Fsp3) is 0.444. The second-order valence-electron chi connectivity index (χ2n) is 6.18. The van der Waals surface area contributed by atoms with Gasteiger partial charge in [-0.05, 0) is 37.3 Å². The molecule has 2 aromatic rings. The van der Waals surface area contributed by atoms with Crippen molar-refractivity contribution in [2.75, 3.05) is 13.2 Å². The number of carbonyl (C=O) groups is 1. The van der Waals surface area contributed by atoms with Gasteiger partial charge in [0.15, 0.2) is 0 Å². The Balaban J connectivity index is 1.74. The van der Waals surface area contributed by atoms with Gasteiger partial charge in [-0.15, -0.1) is 11.3 Å². The average Bonchev–Trinajstić information content (AvgIpc) is 3.31. The summed E-state index contributed by atoms with van der Waals surface area (Å²) in [5.74, 6) is -0.0387. The number of rotatable bonds is 6. The smallest absolute Gasteiger partial charge is 0.246 e. The van der Waals surface area contributed by atoms with Gasteiger partial charge in [-0.3, -0.25) is 9.48 Å². The van der Waals surface area contributed by atoms with E-state index in [-0.39, 0.29) is 12.0 Å². The Bertz CT molecular complexity index is 749. The van der Waals surface area contributed by atoms with Crippen LogP contribution < -0.4 is 0 Å². The van der Waals surface area contributed by atoms with Crippen molar-refractivity contribution >= 4 is 34.9 Å². The van der Waals surface area contributed by atoms with Crippen LogP contribution in [-0.4, -0.2) is 39.8 Å². The van der Waals surface area contributed by atoms with Crippen molar-refractivity contribution in [2.24, 2.45) is 7.05 Å². The second kappa shape index (κ2) is 8.17. The van der Waals surface area contributed by atoms with Crippen molar-refractivity contribution in [3.05, 3.63) is 44.9 Å². The molecule has 3 rings (SSSR count). The maximum atomic E-state index is 12.8. The van der Waals surface area contributed by atoms with E-state index in [1.165, 1.54) is 0 Å². The van der Waals surface area contributed by atoms with Gasteiger partial charge in [0.25, 0.3) is 0 Å². The van der Waals surface area contributed by atoms with Crippen LogP contribution in [0.1, 0.15) is 29.0 Å². The van der Waals surface area contributed by atoms with E-state index in [0.29, 0.717) is 18.2 Å². The quantitative estimate of drug-likeness (QED) is 0.719. The summed E-state index contributed by atoms with van der Waals surface area (Å²) in [5, 5.41) is 6.83. The van der Waals surface area contributed by atoms with Crippen LogP contribution in [0.25, 0.3) is 6.08 Å². The predicted molar refractivity (Wildman–Crippen MR) is 101 cm³/mol. The molecule has 1 saturated heterocycles. The summed E-state index contributed by atoms with van der Waals surface area (Å²) in [6.07, 6.45) is 5.53. The third kappa shape index (κ3) is 4.51. The highest BCUT2D eigenvalue weighted by Gasteiger charge is 2.22. The molecule has 0 bridgehead atoms. The molecule has 1 atom stereocenters. The van der Waals surface area contributed by atoms with E-state index in [1.807, 2.05) is 29.3 Å². The van der Waals surface area contributed by atoms with Crippen LogP contribution in [0.3, 0.4) is 0 Å². The largest absolute Gasteiger partial charge is 0.376 e. The highest BCUT2D eigenvalue weighted by Crippen LogP contribution is 2.21. The lowest BCUT2D eigenvalue weighted by Crippen LogP contribution is -2.35. The number of hydrogen-bond donors (Lipinski definition) is 0. The van der Waals surface area contributed by atoms with Crippen molar-refractivity contribution in [1.29, 1.82) is 0 Å². The van der Waals surface area contributed by atoms with E-state index >= 15 is 0 Å². The van der Waals surface area contributed by atoms with Crippen LogP contribution in [0.4, 0.5) is 0 Å². The van der Waals surface area contributed by atoms with Gasteiger partial charge in [0.05, 0.1) is 18.3 Å². The summed E-state index contributed by atoms with van der Waals surface area (Å²) in [4.78, 5) is 15.8. The first-order valence-electron chi connectivity index (χ1n) is 8.34. The molecule has 0 aliphatic carbocycles. The van der Waals surface area contributed by atoms with Crippen LogP contribution in [-0.2, 0) is 23.1 Å². The van der Waals surface area contributed by atoms with E-state index in [0.717, 1.165) is 35.6 Å². The standard InChI is InChI=1S/C18H22ClN3O2S/c1-13-16(18(19)21(2)20-13)7-8-17(23)22(11-14-5-3-9-24-14)12-15-6-4-10-25-15/h4,6-8,10,14H,3,5,9,11-12H2,1-2H3/b8-7+. The summed E-state index contributed by atoms with van der Waals surface area (Å²) < 4.78 is 7.32. The normalized spacial score (nSPS) is 17.5. The van der Waals surface area contributed by atoms with Crippen LogP contribution in [0.2, 0.25) is 5.15 Å². The van der Waals surface area contributed by atoms with Gasteiger partial charge in [-0.2, -0.15) is 5.10 Å². The monoisotopic (exact) mass is 379 g/mol. The maximum absolute atomic E-state index is 12.8. The molecule has 0 radical (unpaired) electrons. The van der Waals surface area contributed by atoms with Crippen molar-refractivity contribution in [3.8, 4) is 0 Å². The highest BCUT2D eigenvalue weighted by atomic mass is 35.5. The predicted octanol–water partition coefficient (Wildman–Crippen LogP) is 3.66. The van der Waals surface area contributed by atoms with Gasteiger partial charge in [0, 0.05) is 36.7 Å². The van der Waals surface area contributed by atoms with Crippen molar-refractivity contribution < 1.29 is 9.53 Å². The number of ether oxygens (including phenoxy) is 1. The van der Waals surface area contributed by atoms with Gasteiger partial charge in [0.1, 0.15) is 5.15 Å². The van der Waals surface area contributed by atoms with Gasteiger partial charge >= 0.3 is 0 Å². The minimum Gasteiger partial charge on any atom is -0.376 e. The molecular formula is C18H22ClN3O2S. The van der Waals surface area contributed by atoms with Crippen LogP contribution in [0.15, 0.2) is 23.6 Å². The molecule has 0 N–H and O–H groups in total. The van der Waals surface area contributed by atoms with Crippen molar-refractivity contribution in [1.82, 2.24) is 14.7 Å². The molecule has 7 heteroatoms. The lowest BCUT2D eigenvalue weighted by atomic mass is 10.2. The zero-order valence-corrected chi connectivity index (χ0v) is 16.0. The molecule has 1 unspecified atom stereocenters. The minimum absolute atomic E-state index is 0.0387. The van der Waals surface area contributed by atoms with Crippen molar-refractivity contribution in [3.63, 3.8) is 0 Å². The molecule has 0 saturated carbocycles.